The van der Waals surface area contributed by atoms with Crippen molar-refractivity contribution in [3.8, 4) is 0 Å². The van der Waals surface area contributed by atoms with Crippen LogP contribution in [0.1, 0.15) is 65.7 Å². The molecular weight excluding hydrogens is 242 g/mol. The molecule has 2 N–H and O–H groups in total. The molecule has 110 valence electrons. The van der Waals surface area contributed by atoms with Crippen molar-refractivity contribution in [1.82, 2.24) is 5.32 Å². The van der Waals surface area contributed by atoms with E-state index in [9.17, 15) is 9.59 Å². The third kappa shape index (κ3) is 4.22. The minimum atomic E-state index is -0.927. The number of amides is 1. The van der Waals surface area contributed by atoms with Crippen LogP contribution >= 0.6 is 0 Å². The van der Waals surface area contributed by atoms with Gasteiger partial charge in [-0.15, -0.1) is 0 Å². The van der Waals surface area contributed by atoms with Crippen LogP contribution in [0.5, 0.6) is 0 Å². The maximum absolute atomic E-state index is 12.4. The van der Waals surface area contributed by atoms with Crippen molar-refractivity contribution in [1.29, 1.82) is 0 Å². The Hall–Kier alpha value is -1.06. The van der Waals surface area contributed by atoms with Gasteiger partial charge in [-0.3, -0.25) is 4.79 Å². The summed E-state index contributed by atoms with van der Waals surface area (Å²) in [7, 11) is 0. The van der Waals surface area contributed by atoms with E-state index >= 15 is 0 Å². The van der Waals surface area contributed by atoms with Gasteiger partial charge >= 0.3 is 5.97 Å². The summed E-state index contributed by atoms with van der Waals surface area (Å²) in [4.78, 5) is 23.5. The molecule has 1 amide bonds. The lowest BCUT2D eigenvalue weighted by Crippen LogP contribution is -2.48. The molecule has 1 atom stereocenters. The monoisotopic (exact) mass is 269 g/mol. The van der Waals surface area contributed by atoms with E-state index in [-0.39, 0.29) is 5.91 Å². The molecule has 0 aromatic rings. The smallest absolute Gasteiger partial charge is 0.326 e. The van der Waals surface area contributed by atoms with Gasteiger partial charge < -0.3 is 10.4 Å². The molecule has 1 aliphatic rings. The third-order valence-electron chi connectivity index (χ3n) is 4.41. The Kier molecular flexibility index (Phi) is 5.83. The predicted molar refractivity (Wildman–Crippen MR) is 74.8 cm³/mol. The highest BCUT2D eigenvalue weighted by Crippen LogP contribution is 2.39. The summed E-state index contributed by atoms with van der Waals surface area (Å²) in [6, 6.07) is -0.742. The van der Waals surface area contributed by atoms with Gasteiger partial charge in [0.2, 0.25) is 5.91 Å². The second-order valence-corrected chi connectivity index (χ2v) is 6.21. The van der Waals surface area contributed by atoms with E-state index < -0.39 is 17.4 Å². The van der Waals surface area contributed by atoms with Gasteiger partial charge in [0.15, 0.2) is 0 Å². The van der Waals surface area contributed by atoms with Crippen molar-refractivity contribution in [2.75, 3.05) is 0 Å². The summed E-state index contributed by atoms with van der Waals surface area (Å²) in [5, 5.41) is 11.9. The van der Waals surface area contributed by atoms with Gasteiger partial charge in [-0.2, -0.15) is 0 Å². The first kappa shape index (κ1) is 16.0. The second kappa shape index (κ2) is 6.92. The zero-order valence-electron chi connectivity index (χ0n) is 12.4. The predicted octanol–water partition coefficient (Wildman–Crippen LogP) is 2.96. The molecule has 0 aliphatic heterocycles. The molecule has 1 rings (SSSR count). The Morgan fingerprint density at radius 1 is 1.32 bits per heavy atom. The molecule has 4 heteroatoms. The Morgan fingerprint density at radius 3 is 2.37 bits per heavy atom. The van der Waals surface area contributed by atoms with E-state index in [0.29, 0.717) is 12.3 Å². The molecule has 0 radical (unpaired) electrons. The lowest BCUT2D eigenvalue weighted by molar-refractivity contribution is -0.144. The largest absolute Gasteiger partial charge is 0.480 e. The molecule has 1 fully saturated rings. The maximum atomic E-state index is 12.4. The lowest BCUT2D eigenvalue weighted by Gasteiger charge is -2.31. The summed E-state index contributed by atoms with van der Waals surface area (Å²) in [5.41, 5.74) is -0.462. The normalized spacial score (nSPS) is 18.3. The number of hydrogen-bond donors (Lipinski definition) is 2. The summed E-state index contributed by atoms with van der Waals surface area (Å²) in [5.74, 6) is -0.653. The fraction of sp³-hybridized carbons (Fsp3) is 0.867. The fourth-order valence-corrected chi connectivity index (χ4v) is 2.84. The summed E-state index contributed by atoms with van der Waals surface area (Å²) in [6.45, 7) is 5.90. The molecule has 0 heterocycles. The van der Waals surface area contributed by atoms with Crippen molar-refractivity contribution in [3.63, 3.8) is 0 Å². The van der Waals surface area contributed by atoms with E-state index in [1.807, 2.05) is 20.8 Å². The molecule has 1 aliphatic carbocycles. The Morgan fingerprint density at radius 2 is 1.89 bits per heavy atom. The minimum Gasteiger partial charge on any atom is -0.480 e. The van der Waals surface area contributed by atoms with E-state index in [1.165, 1.54) is 12.8 Å². The Bertz CT molecular complexity index is 319. The molecule has 1 saturated carbocycles. The van der Waals surface area contributed by atoms with Crippen LogP contribution in [-0.4, -0.2) is 23.0 Å². The fourth-order valence-electron chi connectivity index (χ4n) is 2.84. The molecule has 4 nitrogen and oxygen atoms in total. The van der Waals surface area contributed by atoms with Crippen LogP contribution in [0.3, 0.4) is 0 Å². The SMILES string of the molecule is CCCC[C@H](NC(=O)C(C)(C)C1CCCC1)C(=O)O. The zero-order valence-corrected chi connectivity index (χ0v) is 12.4. The molecule has 0 spiro atoms. The van der Waals surface area contributed by atoms with Gasteiger partial charge in [0.25, 0.3) is 0 Å². The number of carboxylic acid groups (broad SMARTS) is 1. The molecule has 19 heavy (non-hydrogen) atoms. The third-order valence-corrected chi connectivity index (χ3v) is 4.41. The maximum Gasteiger partial charge on any atom is 0.326 e. The number of aliphatic carboxylic acids is 1. The molecule has 0 saturated heterocycles. The van der Waals surface area contributed by atoms with E-state index in [4.69, 9.17) is 5.11 Å². The topological polar surface area (TPSA) is 66.4 Å². The minimum absolute atomic E-state index is 0.108. The molecule has 0 bridgehead atoms. The average molecular weight is 269 g/mol. The van der Waals surface area contributed by atoms with Crippen LogP contribution in [0.25, 0.3) is 0 Å². The van der Waals surface area contributed by atoms with Gasteiger partial charge in [-0.1, -0.05) is 46.5 Å². The number of carbonyl (C=O) groups excluding carboxylic acids is 1. The summed E-state index contributed by atoms with van der Waals surface area (Å²) < 4.78 is 0. The Labute approximate surface area is 116 Å². The quantitative estimate of drug-likeness (QED) is 0.746. The van der Waals surface area contributed by atoms with Crippen LogP contribution in [0, 0.1) is 11.3 Å². The van der Waals surface area contributed by atoms with Gasteiger partial charge in [-0.05, 0) is 25.2 Å². The summed E-state index contributed by atoms with van der Waals surface area (Å²) >= 11 is 0. The first-order valence-corrected chi connectivity index (χ1v) is 7.43. The number of unbranched alkanes of at least 4 members (excludes halogenated alkanes) is 1. The number of carboxylic acids is 1. The second-order valence-electron chi connectivity index (χ2n) is 6.21. The number of nitrogens with one attached hydrogen (secondary N) is 1. The van der Waals surface area contributed by atoms with Crippen molar-refractivity contribution < 1.29 is 14.7 Å². The highest BCUT2D eigenvalue weighted by atomic mass is 16.4. The Balaban J connectivity index is 2.61. The van der Waals surface area contributed by atoms with Crippen LogP contribution in [0.4, 0.5) is 0 Å². The molecule has 0 unspecified atom stereocenters. The van der Waals surface area contributed by atoms with Crippen molar-refractivity contribution >= 4 is 11.9 Å². The van der Waals surface area contributed by atoms with Gasteiger partial charge in [0.05, 0.1) is 0 Å². The van der Waals surface area contributed by atoms with Crippen LogP contribution in [0.15, 0.2) is 0 Å². The van der Waals surface area contributed by atoms with Gasteiger partial charge in [0, 0.05) is 5.41 Å². The highest BCUT2D eigenvalue weighted by molar-refractivity contribution is 5.87. The van der Waals surface area contributed by atoms with Crippen molar-refractivity contribution in [2.45, 2.75) is 71.8 Å². The number of hydrogen-bond acceptors (Lipinski definition) is 2. The van der Waals surface area contributed by atoms with E-state index in [1.54, 1.807) is 0 Å². The van der Waals surface area contributed by atoms with Crippen molar-refractivity contribution in [3.05, 3.63) is 0 Å². The first-order valence-electron chi connectivity index (χ1n) is 7.43. The lowest BCUT2D eigenvalue weighted by atomic mass is 9.77. The van der Waals surface area contributed by atoms with Crippen molar-refractivity contribution in [2.24, 2.45) is 11.3 Å². The molecular formula is C15H27NO3. The number of carbonyl (C=O) groups is 2. The van der Waals surface area contributed by atoms with Crippen LogP contribution < -0.4 is 5.32 Å². The average Bonchev–Trinajstić information content (AvgIpc) is 2.87. The van der Waals surface area contributed by atoms with Gasteiger partial charge in [-0.25, -0.2) is 4.79 Å². The van der Waals surface area contributed by atoms with E-state index in [0.717, 1.165) is 25.7 Å². The van der Waals surface area contributed by atoms with E-state index in [2.05, 4.69) is 5.32 Å². The molecule has 0 aromatic heterocycles. The molecule has 0 aromatic carbocycles. The standard InChI is InChI=1S/C15H27NO3/c1-4-5-10-12(13(17)18)16-14(19)15(2,3)11-8-6-7-9-11/h11-12H,4-10H2,1-3H3,(H,16,19)(H,17,18)/t12-/m0/s1. The van der Waals surface area contributed by atoms with Crippen LogP contribution in [-0.2, 0) is 9.59 Å². The van der Waals surface area contributed by atoms with Crippen LogP contribution in [0.2, 0.25) is 0 Å². The summed E-state index contributed by atoms with van der Waals surface area (Å²) in [6.07, 6.45) is 6.78. The highest BCUT2D eigenvalue weighted by Gasteiger charge is 2.39. The number of rotatable bonds is 7. The zero-order chi connectivity index (χ0) is 14.5. The van der Waals surface area contributed by atoms with Gasteiger partial charge in [0.1, 0.15) is 6.04 Å². The first-order chi connectivity index (χ1) is 8.89.